The summed E-state index contributed by atoms with van der Waals surface area (Å²) in [6, 6.07) is 7.97. The highest BCUT2D eigenvalue weighted by Crippen LogP contribution is 2.27. The van der Waals surface area contributed by atoms with E-state index in [1.54, 1.807) is 22.7 Å². The Hall–Kier alpha value is -1.92. The van der Waals surface area contributed by atoms with E-state index in [9.17, 15) is 0 Å². The standard InChI is InChI=1S/C13H12N4S2/c14-11-9(7-8-3-1-5-18-8)12(15)17-13(16-11)10-4-2-6-19-10/h1-6H,7H2,(H4,14,15,16,17). The summed E-state index contributed by atoms with van der Waals surface area (Å²) in [6.07, 6.45) is 0.681. The van der Waals surface area contributed by atoms with Crippen molar-refractivity contribution in [3.63, 3.8) is 0 Å². The van der Waals surface area contributed by atoms with Crippen LogP contribution in [0.15, 0.2) is 35.0 Å². The maximum atomic E-state index is 6.02. The molecule has 3 aromatic rings. The highest BCUT2D eigenvalue weighted by atomic mass is 32.1. The first-order chi connectivity index (χ1) is 9.24. The largest absolute Gasteiger partial charge is 0.383 e. The van der Waals surface area contributed by atoms with E-state index < -0.39 is 0 Å². The van der Waals surface area contributed by atoms with Gasteiger partial charge in [0.1, 0.15) is 11.6 Å². The molecular formula is C13H12N4S2. The smallest absolute Gasteiger partial charge is 0.173 e. The van der Waals surface area contributed by atoms with Gasteiger partial charge in [0.25, 0.3) is 0 Å². The minimum atomic E-state index is 0.462. The molecule has 4 nitrogen and oxygen atoms in total. The van der Waals surface area contributed by atoms with E-state index in [1.807, 2.05) is 29.0 Å². The second-order valence-electron chi connectivity index (χ2n) is 4.03. The summed E-state index contributed by atoms with van der Waals surface area (Å²) in [5.41, 5.74) is 12.9. The number of hydrogen-bond acceptors (Lipinski definition) is 6. The third kappa shape index (κ3) is 2.45. The summed E-state index contributed by atoms with van der Waals surface area (Å²) in [4.78, 5) is 10.9. The second kappa shape index (κ2) is 4.99. The number of rotatable bonds is 3. The maximum absolute atomic E-state index is 6.02. The Balaban J connectivity index is 1.99. The van der Waals surface area contributed by atoms with Crippen LogP contribution in [0, 0.1) is 0 Å². The van der Waals surface area contributed by atoms with Crippen LogP contribution in [0.2, 0.25) is 0 Å². The van der Waals surface area contributed by atoms with E-state index in [0.29, 0.717) is 23.9 Å². The predicted molar refractivity (Wildman–Crippen MR) is 81.3 cm³/mol. The Morgan fingerprint density at radius 2 is 1.63 bits per heavy atom. The van der Waals surface area contributed by atoms with Crippen LogP contribution >= 0.6 is 22.7 Å². The zero-order chi connectivity index (χ0) is 13.2. The van der Waals surface area contributed by atoms with Gasteiger partial charge in [-0.05, 0) is 22.9 Å². The lowest BCUT2D eigenvalue weighted by Crippen LogP contribution is -2.07. The molecule has 0 bridgehead atoms. The fourth-order valence-corrected chi connectivity index (χ4v) is 3.18. The molecule has 19 heavy (non-hydrogen) atoms. The molecule has 0 aromatic carbocycles. The van der Waals surface area contributed by atoms with Crippen molar-refractivity contribution in [3.05, 3.63) is 45.5 Å². The Labute approximate surface area is 118 Å². The molecule has 96 valence electrons. The Morgan fingerprint density at radius 3 is 2.21 bits per heavy atom. The van der Waals surface area contributed by atoms with Crippen molar-refractivity contribution >= 4 is 34.3 Å². The van der Waals surface area contributed by atoms with Gasteiger partial charge in [-0.25, -0.2) is 9.97 Å². The lowest BCUT2D eigenvalue weighted by atomic mass is 10.1. The van der Waals surface area contributed by atoms with Crippen molar-refractivity contribution in [2.24, 2.45) is 0 Å². The van der Waals surface area contributed by atoms with Crippen molar-refractivity contribution in [2.45, 2.75) is 6.42 Å². The molecule has 0 radical (unpaired) electrons. The lowest BCUT2D eigenvalue weighted by molar-refractivity contribution is 1.12. The number of anilines is 2. The van der Waals surface area contributed by atoms with Gasteiger partial charge in [-0.2, -0.15) is 0 Å². The fraction of sp³-hybridized carbons (Fsp3) is 0.0769. The normalized spacial score (nSPS) is 10.7. The molecule has 3 rings (SSSR count). The van der Waals surface area contributed by atoms with Gasteiger partial charge in [-0.3, -0.25) is 0 Å². The molecule has 0 atom stereocenters. The van der Waals surface area contributed by atoms with E-state index in [0.717, 1.165) is 10.4 Å². The number of nitrogens with two attached hydrogens (primary N) is 2. The van der Waals surface area contributed by atoms with Gasteiger partial charge in [-0.1, -0.05) is 12.1 Å². The molecule has 0 saturated carbocycles. The van der Waals surface area contributed by atoms with E-state index in [2.05, 4.69) is 16.0 Å². The van der Waals surface area contributed by atoms with Crippen molar-refractivity contribution in [2.75, 3.05) is 11.5 Å². The van der Waals surface area contributed by atoms with E-state index in [4.69, 9.17) is 11.5 Å². The van der Waals surface area contributed by atoms with Crippen LogP contribution < -0.4 is 11.5 Å². The average molecular weight is 288 g/mol. The first kappa shape index (κ1) is 12.1. The first-order valence-corrected chi connectivity index (χ1v) is 7.48. The summed E-state index contributed by atoms with van der Waals surface area (Å²) >= 11 is 3.24. The zero-order valence-electron chi connectivity index (χ0n) is 10.0. The molecule has 0 aliphatic carbocycles. The molecular weight excluding hydrogens is 276 g/mol. The first-order valence-electron chi connectivity index (χ1n) is 5.72. The number of hydrogen-bond donors (Lipinski definition) is 2. The topological polar surface area (TPSA) is 77.8 Å². The van der Waals surface area contributed by atoms with Gasteiger partial charge in [0.05, 0.1) is 4.88 Å². The molecule has 0 saturated heterocycles. The number of nitrogen functional groups attached to an aromatic ring is 2. The summed E-state index contributed by atoms with van der Waals surface area (Å²) in [6.45, 7) is 0. The molecule has 3 aromatic heterocycles. The quantitative estimate of drug-likeness (QED) is 0.776. The third-order valence-electron chi connectivity index (χ3n) is 2.74. The van der Waals surface area contributed by atoms with E-state index >= 15 is 0 Å². The molecule has 0 fully saturated rings. The van der Waals surface area contributed by atoms with Crippen LogP contribution in [0.5, 0.6) is 0 Å². The Kier molecular flexibility index (Phi) is 3.18. The second-order valence-corrected chi connectivity index (χ2v) is 6.01. The van der Waals surface area contributed by atoms with Crippen molar-refractivity contribution in [1.29, 1.82) is 0 Å². The van der Waals surface area contributed by atoms with Crippen LogP contribution in [0.3, 0.4) is 0 Å². The van der Waals surface area contributed by atoms with Crippen molar-refractivity contribution in [3.8, 4) is 10.7 Å². The van der Waals surface area contributed by atoms with Gasteiger partial charge in [0, 0.05) is 16.9 Å². The van der Waals surface area contributed by atoms with Crippen LogP contribution in [-0.2, 0) is 6.42 Å². The lowest BCUT2D eigenvalue weighted by Gasteiger charge is -2.08. The highest BCUT2D eigenvalue weighted by molar-refractivity contribution is 7.13. The predicted octanol–water partition coefficient (Wildman–Crippen LogP) is 3.02. The van der Waals surface area contributed by atoms with Crippen LogP contribution in [0.4, 0.5) is 11.6 Å². The zero-order valence-corrected chi connectivity index (χ0v) is 11.7. The summed E-state index contributed by atoms with van der Waals surface area (Å²) < 4.78 is 0. The van der Waals surface area contributed by atoms with Gasteiger partial charge in [0.15, 0.2) is 5.82 Å². The van der Waals surface area contributed by atoms with Gasteiger partial charge >= 0.3 is 0 Å². The molecule has 3 heterocycles. The minimum absolute atomic E-state index is 0.462. The summed E-state index contributed by atoms with van der Waals surface area (Å²) in [5, 5.41) is 4.01. The van der Waals surface area contributed by atoms with Gasteiger partial charge in [0.2, 0.25) is 0 Å². The third-order valence-corrected chi connectivity index (χ3v) is 4.49. The van der Waals surface area contributed by atoms with Crippen molar-refractivity contribution in [1.82, 2.24) is 9.97 Å². The fourth-order valence-electron chi connectivity index (χ4n) is 1.80. The molecule has 6 heteroatoms. The molecule has 0 amide bonds. The molecule has 4 N–H and O–H groups in total. The highest BCUT2D eigenvalue weighted by Gasteiger charge is 2.12. The maximum Gasteiger partial charge on any atom is 0.173 e. The number of thiophene rings is 2. The average Bonchev–Trinajstić information content (AvgIpc) is 3.06. The summed E-state index contributed by atoms with van der Waals surface area (Å²) in [5.74, 6) is 1.52. The molecule has 0 spiro atoms. The summed E-state index contributed by atoms with van der Waals surface area (Å²) in [7, 11) is 0. The molecule has 0 aliphatic heterocycles. The molecule has 0 aliphatic rings. The van der Waals surface area contributed by atoms with Crippen LogP contribution in [0.1, 0.15) is 10.4 Å². The van der Waals surface area contributed by atoms with Crippen LogP contribution in [0.25, 0.3) is 10.7 Å². The molecule has 0 unspecified atom stereocenters. The Morgan fingerprint density at radius 1 is 0.947 bits per heavy atom. The Bertz CT molecular complexity index is 652. The monoisotopic (exact) mass is 288 g/mol. The number of nitrogens with zero attached hydrogens (tertiary/aromatic N) is 2. The van der Waals surface area contributed by atoms with Gasteiger partial charge < -0.3 is 11.5 Å². The van der Waals surface area contributed by atoms with Crippen LogP contribution in [-0.4, -0.2) is 9.97 Å². The SMILES string of the molecule is Nc1nc(-c2cccs2)nc(N)c1Cc1cccs1. The minimum Gasteiger partial charge on any atom is -0.383 e. The van der Waals surface area contributed by atoms with E-state index in [1.165, 1.54) is 4.88 Å². The van der Waals surface area contributed by atoms with E-state index in [-0.39, 0.29) is 0 Å². The van der Waals surface area contributed by atoms with Gasteiger partial charge in [-0.15, -0.1) is 22.7 Å². The van der Waals surface area contributed by atoms with Crippen molar-refractivity contribution < 1.29 is 0 Å². The number of aromatic nitrogens is 2.